The predicted octanol–water partition coefficient (Wildman–Crippen LogP) is 1.63. The van der Waals surface area contributed by atoms with Crippen LogP contribution >= 0.6 is 0 Å². The van der Waals surface area contributed by atoms with Crippen molar-refractivity contribution in [3.05, 3.63) is 11.1 Å². The first-order chi connectivity index (χ1) is 15.1. The summed E-state index contributed by atoms with van der Waals surface area (Å²) in [6, 6.07) is 0. The van der Waals surface area contributed by atoms with Crippen LogP contribution in [0.2, 0.25) is 0 Å². The van der Waals surface area contributed by atoms with Gasteiger partial charge in [-0.1, -0.05) is 20.8 Å². The van der Waals surface area contributed by atoms with Gasteiger partial charge < -0.3 is 23.7 Å². The maximum atomic E-state index is 12.7. The summed E-state index contributed by atoms with van der Waals surface area (Å²) in [7, 11) is 0. The highest BCUT2D eigenvalue weighted by Gasteiger charge is 3.01. The van der Waals surface area contributed by atoms with Crippen LogP contribution < -0.4 is 0 Å². The van der Waals surface area contributed by atoms with Gasteiger partial charge in [0.25, 0.3) is 0 Å². The number of Topliss-reactive ketones (excluding diaryl/α,β-unsaturated/α-hetero) is 1. The number of rotatable bonds is 4. The highest BCUT2D eigenvalue weighted by Crippen LogP contribution is 2.83. The Balaban J connectivity index is 1.33. The molecular formula is C24H28O8. The summed E-state index contributed by atoms with van der Waals surface area (Å²) in [6.07, 6.45) is 0.873. The number of ketones is 1. The summed E-state index contributed by atoms with van der Waals surface area (Å²) in [5, 5.41) is 0. The highest BCUT2D eigenvalue weighted by atomic mass is 16.8. The number of fused-ring (bicyclic) bond motifs is 4. The van der Waals surface area contributed by atoms with Crippen molar-refractivity contribution in [1.82, 2.24) is 0 Å². The SMILES string of the molecule is CC(=O)CC(=O)OC1C2(C(C)C)OC2C2OC23C2(C)CCC4=C(COC4=O)C2CC2OC213. The number of carbonyl (C=O) groups excluding carboxylic acids is 3. The summed E-state index contributed by atoms with van der Waals surface area (Å²) in [5.74, 6) is -0.735. The third-order valence-electron chi connectivity index (χ3n) is 9.71. The van der Waals surface area contributed by atoms with Crippen molar-refractivity contribution in [3.63, 3.8) is 0 Å². The van der Waals surface area contributed by atoms with Crippen molar-refractivity contribution in [2.45, 2.75) is 94.6 Å². The van der Waals surface area contributed by atoms with Gasteiger partial charge in [0.15, 0.2) is 11.7 Å². The van der Waals surface area contributed by atoms with E-state index in [9.17, 15) is 14.4 Å². The molecule has 0 amide bonds. The molecule has 0 N–H and O–H groups in total. The first-order valence-corrected chi connectivity index (χ1v) is 11.7. The molecule has 0 aromatic heterocycles. The van der Waals surface area contributed by atoms with Crippen LogP contribution in [0.3, 0.4) is 0 Å². The number of ether oxygens (including phenoxy) is 5. The Labute approximate surface area is 185 Å². The molecule has 4 aliphatic heterocycles. The molecule has 4 heterocycles. The molecule has 172 valence electrons. The quantitative estimate of drug-likeness (QED) is 0.366. The summed E-state index contributed by atoms with van der Waals surface area (Å²) < 4.78 is 31.0. The third kappa shape index (κ3) is 1.85. The molecule has 32 heavy (non-hydrogen) atoms. The van der Waals surface area contributed by atoms with Gasteiger partial charge in [0.2, 0.25) is 0 Å². The minimum atomic E-state index is -0.770. The normalized spacial score (nSPS) is 53.2. The second-order valence-corrected chi connectivity index (χ2v) is 11.3. The molecule has 9 atom stereocenters. The van der Waals surface area contributed by atoms with Crippen LogP contribution in [0.4, 0.5) is 0 Å². The zero-order valence-corrected chi connectivity index (χ0v) is 18.8. The van der Waals surface area contributed by atoms with E-state index >= 15 is 0 Å². The van der Waals surface area contributed by atoms with Crippen LogP contribution in [0.5, 0.6) is 0 Å². The lowest BCUT2D eigenvalue weighted by Gasteiger charge is -2.53. The van der Waals surface area contributed by atoms with Crippen LogP contribution in [0.15, 0.2) is 11.1 Å². The van der Waals surface area contributed by atoms with E-state index in [0.717, 1.165) is 24.0 Å². The van der Waals surface area contributed by atoms with E-state index < -0.39 is 28.9 Å². The van der Waals surface area contributed by atoms with Gasteiger partial charge in [-0.25, -0.2) is 4.79 Å². The molecule has 2 saturated carbocycles. The molecule has 3 saturated heterocycles. The zero-order chi connectivity index (χ0) is 22.4. The number of cyclic esters (lactones) is 1. The molecule has 3 aliphatic carbocycles. The van der Waals surface area contributed by atoms with E-state index in [2.05, 4.69) is 20.8 Å². The topological polar surface area (TPSA) is 107 Å². The largest absolute Gasteiger partial charge is 0.458 e. The molecular weight excluding hydrogens is 416 g/mol. The molecule has 0 aromatic carbocycles. The fraction of sp³-hybridized carbons (Fsp3) is 0.792. The maximum absolute atomic E-state index is 12.7. The van der Waals surface area contributed by atoms with Crippen molar-refractivity contribution in [1.29, 1.82) is 0 Å². The lowest BCUT2D eigenvalue weighted by molar-refractivity contribution is -0.169. The first-order valence-electron chi connectivity index (χ1n) is 11.7. The Morgan fingerprint density at radius 2 is 1.97 bits per heavy atom. The van der Waals surface area contributed by atoms with Gasteiger partial charge >= 0.3 is 11.9 Å². The zero-order valence-electron chi connectivity index (χ0n) is 18.8. The minimum Gasteiger partial charge on any atom is -0.458 e. The first kappa shape index (κ1) is 19.7. The Kier molecular flexibility index (Phi) is 3.37. The van der Waals surface area contributed by atoms with Crippen LogP contribution in [0, 0.1) is 17.3 Å². The van der Waals surface area contributed by atoms with E-state index in [4.69, 9.17) is 23.7 Å². The van der Waals surface area contributed by atoms with E-state index in [1.165, 1.54) is 6.92 Å². The summed E-state index contributed by atoms with van der Waals surface area (Å²) in [4.78, 5) is 36.5. The lowest BCUT2D eigenvalue weighted by Crippen LogP contribution is -2.70. The van der Waals surface area contributed by atoms with Crippen LogP contribution in [-0.2, 0) is 38.1 Å². The van der Waals surface area contributed by atoms with Gasteiger partial charge in [-0.2, -0.15) is 0 Å². The van der Waals surface area contributed by atoms with Crippen molar-refractivity contribution in [2.24, 2.45) is 17.3 Å². The standard InChI is InChI=1S/C24H28O8/c1-10(2)22-17(31-22)18-24(32-18)21(4)6-5-12-13(9-28-19(12)27)14(21)8-15-23(24,30-15)20(22)29-16(26)7-11(3)25/h10,14-15,17-18,20H,5-9H2,1-4H3. The smallest absolute Gasteiger partial charge is 0.334 e. The average molecular weight is 444 g/mol. The average Bonchev–Trinajstić information content (AvgIpc) is 3.60. The van der Waals surface area contributed by atoms with E-state index in [0.29, 0.717) is 13.0 Å². The number of esters is 2. The molecule has 7 aliphatic rings. The van der Waals surface area contributed by atoms with Crippen LogP contribution in [-0.4, -0.2) is 65.5 Å². The Bertz CT molecular complexity index is 1030. The molecule has 7 rings (SSSR count). The van der Waals surface area contributed by atoms with Crippen molar-refractivity contribution < 1.29 is 38.1 Å². The number of epoxide rings is 3. The molecule has 2 spiro atoms. The fourth-order valence-electron chi connectivity index (χ4n) is 8.22. The third-order valence-corrected chi connectivity index (χ3v) is 9.71. The maximum Gasteiger partial charge on any atom is 0.334 e. The van der Waals surface area contributed by atoms with Crippen LogP contribution in [0.25, 0.3) is 0 Å². The molecule has 0 bridgehead atoms. The molecule has 8 nitrogen and oxygen atoms in total. The number of carbonyl (C=O) groups is 3. The summed E-state index contributed by atoms with van der Waals surface area (Å²) in [6.45, 7) is 8.12. The Morgan fingerprint density at radius 1 is 1.19 bits per heavy atom. The minimum absolute atomic E-state index is 0.0936. The fourth-order valence-corrected chi connectivity index (χ4v) is 8.22. The summed E-state index contributed by atoms with van der Waals surface area (Å²) in [5.41, 5.74) is -0.405. The van der Waals surface area contributed by atoms with Gasteiger partial charge in [-0.05, 0) is 43.6 Å². The van der Waals surface area contributed by atoms with Crippen molar-refractivity contribution >= 4 is 17.7 Å². The van der Waals surface area contributed by atoms with Crippen molar-refractivity contribution in [3.8, 4) is 0 Å². The predicted molar refractivity (Wildman–Crippen MR) is 106 cm³/mol. The Morgan fingerprint density at radius 3 is 2.69 bits per heavy atom. The van der Waals surface area contributed by atoms with Crippen LogP contribution in [0.1, 0.15) is 53.4 Å². The second kappa shape index (κ2) is 5.47. The molecule has 9 unspecified atom stereocenters. The van der Waals surface area contributed by atoms with Gasteiger partial charge in [-0.15, -0.1) is 0 Å². The van der Waals surface area contributed by atoms with Gasteiger partial charge in [0.1, 0.15) is 42.2 Å². The van der Waals surface area contributed by atoms with Gasteiger partial charge in [0.05, 0.1) is 6.10 Å². The molecule has 5 fully saturated rings. The van der Waals surface area contributed by atoms with E-state index in [-0.39, 0.29) is 53.7 Å². The monoisotopic (exact) mass is 444 g/mol. The van der Waals surface area contributed by atoms with E-state index in [1.54, 1.807) is 0 Å². The van der Waals surface area contributed by atoms with Gasteiger partial charge in [-0.3, -0.25) is 9.59 Å². The number of hydrogen-bond acceptors (Lipinski definition) is 8. The lowest BCUT2D eigenvalue weighted by atomic mass is 9.46. The summed E-state index contributed by atoms with van der Waals surface area (Å²) >= 11 is 0. The second-order valence-electron chi connectivity index (χ2n) is 11.3. The van der Waals surface area contributed by atoms with Gasteiger partial charge in [0, 0.05) is 11.0 Å². The van der Waals surface area contributed by atoms with E-state index in [1.807, 2.05) is 0 Å². The Hall–Kier alpha value is -1.77. The highest BCUT2D eigenvalue weighted by molar-refractivity contribution is 5.94. The molecule has 0 radical (unpaired) electrons. The van der Waals surface area contributed by atoms with Crippen molar-refractivity contribution in [2.75, 3.05) is 6.61 Å². The molecule has 0 aromatic rings. The number of hydrogen-bond donors (Lipinski definition) is 0. The molecule has 8 heteroatoms.